The molecular weight excluding hydrogens is 382 g/mol. The van der Waals surface area contributed by atoms with Crippen molar-refractivity contribution < 1.29 is 22.9 Å². The minimum Gasteiger partial charge on any atom is -0.483 e. The van der Waals surface area contributed by atoms with Crippen LogP contribution in [0.25, 0.3) is 0 Å². The predicted molar refractivity (Wildman–Crippen MR) is 102 cm³/mol. The second-order valence-electron chi connectivity index (χ2n) is 9.00. The Labute approximate surface area is 163 Å². The van der Waals surface area contributed by atoms with Gasteiger partial charge in [-0.2, -0.15) is 0 Å². The van der Waals surface area contributed by atoms with Crippen molar-refractivity contribution in [2.45, 2.75) is 56.4 Å². The molecule has 8 heteroatoms. The van der Waals surface area contributed by atoms with Crippen LogP contribution in [0.4, 0.5) is 0 Å². The number of hydrogen-bond acceptors (Lipinski definition) is 6. The number of nitro groups is 1. The van der Waals surface area contributed by atoms with Crippen molar-refractivity contribution in [1.29, 1.82) is 0 Å². The summed E-state index contributed by atoms with van der Waals surface area (Å²) in [5, 5.41) is 10.6. The minimum atomic E-state index is -3.85. The zero-order chi connectivity index (χ0) is 20.5. The highest BCUT2D eigenvalue weighted by Gasteiger charge is 2.70. The Bertz CT molecular complexity index is 997. The number of rotatable bonds is 2. The highest BCUT2D eigenvalue weighted by Crippen LogP contribution is 2.55. The third-order valence-electron chi connectivity index (χ3n) is 6.25. The first-order valence-electron chi connectivity index (χ1n) is 9.31. The summed E-state index contributed by atoms with van der Waals surface area (Å²) >= 11 is 0. The summed E-state index contributed by atoms with van der Waals surface area (Å²) in [5.74, 6) is -1.06. The third kappa shape index (κ3) is 2.69. The fourth-order valence-corrected chi connectivity index (χ4v) is 7.83. The van der Waals surface area contributed by atoms with Crippen LogP contribution < -0.4 is 0 Å². The molecule has 150 valence electrons. The second kappa shape index (κ2) is 5.89. The Kier molecular flexibility index (Phi) is 4.02. The lowest BCUT2D eigenvalue weighted by atomic mass is 9.68. The molecule has 4 rings (SSSR count). The summed E-state index contributed by atoms with van der Waals surface area (Å²) in [6, 6.07) is 7.57. The molecule has 1 fully saturated rings. The van der Waals surface area contributed by atoms with Crippen LogP contribution in [0.1, 0.15) is 45.1 Å². The average molecular weight is 405 g/mol. The van der Waals surface area contributed by atoms with Crippen LogP contribution in [0, 0.1) is 15.5 Å². The number of carbonyl (C=O) groups is 1. The zero-order valence-electron chi connectivity index (χ0n) is 16.0. The lowest BCUT2D eigenvalue weighted by Crippen LogP contribution is -2.56. The second-order valence-corrected chi connectivity index (χ2v) is 11.2. The van der Waals surface area contributed by atoms with E-state index >= 15 is 0 Å². The van der Waals surface area contributed by atoms with Gasteiger partial charge in [0.25, 0.3) is 6.04 Å². The summed E-state index contributed by atoms with van der Waals surface area (Å²) in [6.07, 6.45) is 0.741. The van der Waals surface area contributed by atoms with Gasteiger partial charge in [-0.05, 0) is 17.9 Å². The Balaban J connectivity index is 1.99. The topological polar surface area (TPSA) is 104 Å². The molecule has 0 unspecified atom stereocenters. The molecule has 0 N–H and O–H groups in total. The van der Waals surface area contributed by atoms with E-state index in [1.54, 1.807) is 24.3 Å². The smallest absolute Gasteiger partial charge is 0.266 e. The molecule has 0 radical (unpaired) electrons. The zero-order valence-corrected chi connectivity index (χ0v) is 16.9. The van der Waals surface area contributed by atoms with Gasteiger partial charge in [0.15, 0.2) is 21.2 Å². The summed E-state index contributed by atoms with van der Waals surface area (Å²) in [5.41, 5.74) is -0.812. The maximum absolute atomic E-state index is 13.1. The van der Waals surface area contributed by atoms with E-state index in [9.17, 15) is 23.3 Å². The summed E-state index contributed by atoms with van der Waals surface area (Å²) in [4.78, 5) is 24.2. The van der Waals surface area contributed by atoms with E-state index in [0.717, 1.165) is 0 Å². The molecule has 0 saturated carbocycles. The number of nitrogens with zero attached hydrogens (tertiary/aromatic N) is 1. The summed E-state index contributed by atoms with van der Waals surface area (Å²) in [6.45, 7) is 5.40. The van der Waals surface area contributed by atoms with E-state index in [4.69, 9.17) is 4.74 Å². The number of allylic oxidation sites excluding steroid dienone is 2. The fraction of sp³-hybridized carbons (Fsp3) is 0.550. The number of Topliss-reactive ketones (excluding diaryl/α,β-unsaturated/α-hetero) is 1. The van der Waals surface area contributed by atoms with E-state index in [2.05, 4.69) is 0 Å². The molecule has 3 aliphatic rings. The molecule has 2 heterocycles. The quantitative estimate of drug-likeness (QED) is 0.553. The van der Waals surface area contributed by atoms with E-state index < -0.39 is 43.3 Å². The molecule has 28 heavy (non-hydrogen) atoms. The number of ketones is 1. The maximum atomic E-state index is 13.1. The normalized spacial score (nSPS) is 35.7. The van der Waals surface area contributed by atoms with Crippen molar-refractivity contribution in [3.8, 4) is 0 Å². The van der Waals surface area contributed by atoms with E-state index in [-0.39, 0.29) is 11.2 Å². The van der Waals surface area contributed by atoms with Gasteiger partial charge < -0.3 is 4.74 Å². The van der Waals surface area contributed by atoms with Gasteiger partial charge in [0, 0.05) is 29.3 Å². The molecule has 0 bridgehead atoms. The van der Waals surface area contributed by atoms with Gasteiger partial charge >= 0.3 is 0 Å². The standard InChI is InChI=1S/C20H23NO6S/c1-19(2)9-13(22)17-14(10-19)27-20(3)15(21(23)24)11-28(25,26)18(20)16(17)12-7-5-4-6-8-12/h4-8,15-16,18H,9-11H2,1-3H3/t15-,16+,18+,20-/m1/s1. The van der Waals surface area contributed by atoms with Crippen molar-refractivity contribution >= 4 is 15.6 Å². The van der Waals surface area contributed by atoms with Crippen LogP contribution >= 0.6 is 0 Å². The Morgan fingerprint density at radius 1 is 1.14 bits per heavy atom. The highest BCUT2D eigenvalue weighted by molar-refractivity contribution is 7.92. The van der Waals surface area contributed by atoms with Gasteiger partial charge in [-0.1, -0.05) is 44.2 Å². The largest absolute Gasteiger partial charge is 0.483 e. The molecule has 1 saturated heterocycles. The summed E-state index contributed by atoms with van der Waals surface area (Å²) < 4.78 is 32.3. The Hall–Kier alpha value is -2.22. The number of hydrogen-bond donors (Lipinski definition) is 0. The molecule has 4 atom stereocenters. The van der Waals surface area contributed by atoms with Gasteiger partial charge in [-0.25, -0.2) is 8.42 Å². The van der Waals surface area contributed by atoms with Gasteiger partial charge in [0.1, 0.15) is 16.8 Å². The van der Waals surface area contributed by atoms with Crippen molar-refractivity contribution in [3.05, 3.63) is 57.3 Å². The van der Waals surface area contributed by atoms with Gasteiger partial charge in [0.05, 0.1) is 0 Å². The summed E-state index contributed by atoms with van der Waals surface area (Å²) in [7, 11) is -3.85. The number of fused-ring (bicyclic) bond motifs is 1. The lowest BCUT2D eigenvalue weighted by Gasteiger charge is -2.46. The number of carbonyl (C=O) groups excluding carboxylic acids is 1. The molecule has 1 aromatic carbocycles. The molecule has 2 aliphatic heterocycles. The van der Waals surface area contributed by atoms with Gasteiger partial charge in [0.2, 0.25) is 0 Å². The van der Waals surface area contributed by atoms with Gasteiger partial charge in [-0.3, -0.25) is 14.9 Å². The SMILES string of the molecule is CC1(C)CC(=O)C2=C(C1)O[C@]1(C)[C@H]([N+](=O)[O-])CS(=O)(=O)[C@H]1[C@H]2c1ccccc1. The number of sulfone groups is 1. The van der Waals surface area contributed by atoms with Crippen LogP contribution in [-0.4, -0.2) is 41.8 Å². The molecule has 0 spiro atoms. The third-order valence-corrected chi connectivity index (χ3v) is 8.55. The lowest BCUT2D eigenvalue weighted by molar-refractivity contribution is -0.537. The predicted octanol–water partition coefficient (Wildman–Crippen LogP) is 2.64. The van der Waals surface area contributed by atoms with E-state index in [1.807, 2.05) is 19.9 Å². The van der Waals surface area contributed by atoms with E-state index in [1.165, 1.54) is 6.92 Å². The van der Waals surface area contributed by atoms with Crippen molar-refractivity contribution in [2.75, 3.05) is 5.75 Å². The monoisotopic (exact) mass is 405 g/mol. The Morgan fingerprint density at radius 3 is 2.39 bits per heavy atom. The van der Waals surface area contributed by atoms with E-state index in [0.29, 0.717) is 29.7 Å². The van der Waals surface area contributed by atoms with Crippen LogP contribution in [0.2, 0.25) is 0 Å². The molecular formula is C20H23NO6S. The van der Waals surface area contributed by atoms with Crippen LogP contribution in [0.15, 0.2) is 41.7 Å². The van der Waals surface area contributed by atoms with Crippen molar-refractivity contribution in [2.24, 2.45) is 5.41 Å². The van der Waals surface area contributed by atoms with Crippen LogP contribution in [-0.2, 0) is 19.4 Å². The van der Waals surface area contributed by atoms with Crippen LogP contribution in [0.3, 0.4) is 0 Å². The number of benzene rings is 1. The van der Waals surface area contributed by atoms with Crippen molar-refractivity contribution in [1.82, 2.24) is 0 Å². The minimum absolute atomic E-state index is 0.137. The number of ether oxygens (including phenoxy) is 1. The van der Waals surface area contributed by atoms with Gasteiger partial charge in [-0.15, -0.1) is 0 Å². The molecule has 0 aromatic heterocycles. The first kappa shape index (κ1) is 19.1. The average Bonchev–Trinajstić information content (AvgIpc) is 2.79. The Morgan fingerprint density at radius 2 is 1.79 bits per heavy atom. The molecule has 0 amide bonds. The maximum Gasteiger partial charge on any atom is 0.266 e. The van der Waals surface area contributed by atoms with Crippen LogP contribution in [0.5, 0.6) is 0 Å². The van der Waals surface area contributed by atoms with Crippen molar-refractivity contribution in [3.63, 3.8) is 0 Å². The molecule has 7 nitrogen and oxygen atoms in total. The molecule has 1 aromatic rings. The first-order chi connectivity index (χ1) is 13.0. The highest BCUT2D eigenvalue weighted by atomic mass is 32.2. The first-order valence-corrected chi connectivity index (χ1v) is 11.0. The fourth-order valence-electron chi connectivity index (χ4n) is 5.10. The molecule has 1 aliphatic carbocycles.